The van der Waals surface area contributed by atoms with Gasteiger partial charge in [0.25, 0.3) is 0 Å². The normalized spacial score (nSPS) is 8.60. The van der Waals surface area contributed by atoms with Gasteiger partial charge in [-0.2, -0.15) is 5.26 Å². The molecule has 1 aromatic rings. The minimum atomic E-state index is 0.655. The molecule has 0 saturated heterocycles. The lowest BCUT2D eigenvalue weighted by atomic mass is 10.2. The first-order valence-corrected chi connectivity index (χ1v) is 5.40. The molecule has 76 valence electrons. The molecule has 3 heteroatoms. The van der Waals surface area contributed by atoms with Crippen LogP contribution >= 0.6 is 15.9 Å². The fourth-order valence-electron chi connectivity index (χ4n) is 1.14. The number of anilines is 1. The van der Waals surface area contributed by atoms with Crippen LogP contribution in [0.4, 0.5) is 5.69 Å². The first kappa shape index (κ1) is 11.6. The summed E-state index contributed by atoms with van der Waals surface area (Å²) < 4.78 is 0.963. The molecule has 0 amide bonds. The third kappa shape index (κ3) is 3.65. The van der Waals surface area contributed by atoms with Gasteiger partial charge in [-0.25, -0.2) is 0 Å². The second-order valence-electron chi connectivity index (χ2n) is 2.91. The van der Waals surface area contributed by atoms with E-state index < -0.39 is 0 Å². The van der Waals surface area contributed by atoms with Crippen molar-refractivity contribution in [3.05, 3.63) is 28.2 Å². The Hall–Kier alpha value is -1.45. The van der Waals surface area contributed by atoms with Crippen molar-refractivity contribution in [3.8, 4) is 17.9 Å². The minimum Gasteiger partial charge on any atom is -0.383 e. The second-order valence-corrected chi connectivity index (χ2v) is 3.82. The molecule has 1 rings (SSSR count). The lowest BCUT2D eigenvalue weighted by Crippen LogP contribution is -2.02. The summed E-state index contributed by atoms with van der Waals surface area (Å²) in [5, 5.41) is 12.1. The van der Waals surface area contributed by atoms with E-state index in [1.807, 2.05) is 19.1 Å². The van der Waals surface area contributed by atoms with Crippen molar-refractivity contribution in [1.82, 2.24) is 0 Å². The van der Waals surface area contributed by atoms with Gasteiger partial charge in [0.1, 0.15) is 6.07 Å². The molecule has 0 heterocycles. The Labute approximate surface area is 98.4 Å². The largest absolute Gasteiger partial charge is 0.383 e. The smallest absolute Gasteiger partial charge is 0.101 e. The fourth-order valence-corrected chi connectivity index (χ4v) is 1.51. The van der Waals surface area contributed by atoms with Crippen LogP contribution in [-0.4, -0.2) is 6.54 Å². The molecule has 0 radical (unpaired) electrons. The molecule has 0 fully saturated rings. The molecule has 15 heavy (non-hydrogen) atoms. The predicted octanol–water partition coefficient (Wildman–Crippen LogP) is 3.15. The van der Waals surface area contributed by atoms with Crippen LogP contribution in [0.5, 0.6) is 0 Å². The molecule has 1 N–H and O–H groups in total. The molecule has 0 aromatic heterocycles. The van der Waals surface area contributed by atoms with E-state index in [0.717, 1.165) is 23.1 Å². The Morgan fingerprint density at radius 1 is 1.47 bits per heavy atom. The number of rotatable bonds is 3. The van der Waals surface area contributed by atoms with E-state index in [2.05, 4.69) is 39.2 Å². The van der Waals surface area contributed by atoms with Gasteiger partial charge >= 0.3 is 0 Å². The van der Waals surface area contributed by atoms with Crippen molar-refractivity contribution in [2.24, 2.45) is 0 Å². The van der Waals surface area contributed by atoms with E-state index in [0.29, 0.717) is 5.56 Å². The summed E-state index contributed by atoms with van der Waals surface area (Å²) in [7, 11) is 0. The maximum absolute atomic E-state index is 8.88. The topological polar surface area (TPSA) is 35.8 Å². The number of hydrogen-bond donors (Lipinski definition) is 1. The predicted molar refractivity (Wildman–Crippen MR) is 65.4 cm³/mol. The summed E-state index contributed by atoms with van der Waals surface area (Å²) in [6.45, 7) is 2.58. The zero-order valence-electron chi connectivity index (χ0n) is 8.47. The Balaban J connectivity index is 2.69. The highest BCUT2D eigenvalue weighted by molar-refractivity contribution is 9.10. The van der Waals surface area contributed by atoms with Crippen molar-refractivity contribution in [2.45, 2.75) is 13.3 Å². The number of nitrogens with one attached hydrogen (secondary N) is 1. The lowest BCUT2D eigenvalue weighted by Gasteiger charge is -2.06. The Kier molecular flexibility index (Phi) is 4.74. The summed E-state index contributed by atoms with van der Waals surface area (Å²) in [6.07, 6.45) is 0.786. The van der Waals surface area contributed by atoms with Crippen LogP contribution in [0.1, 0.15) is 18.9 Å². The molecule has 1 aromatic carbocycles. The highest BCUT2D eigenvalue weighted by Gasteiger charge is 2.00. The summed E-state index contributed by atoms with van der Waals surface area (Å²) in [4.78, 5) is 0. The van der Waals surface area contributed by atoms with Gasteiger partial charge in [0.05, 0.1) is 11.3 Å². The average Bonchev–Trinajstić information content (AvgIpc) is 2.25. The van der Waals surface area contributed by atoms with Crippen molar-refractivity contribution < 1.29 is 0 Å². The van der Waals surface area contributed by atoms with Crippen LogP contribution in [0.15, 0.2) is 22.7 Å². The zero-order chi connectivity index (χ0) is 11.1. The van der Waals surface area contributed by atoms with Crippen LogP contribution < -0.4 is 5.32 Å². The second kappa shape index (κ2) is 6.11. The third-order valence-corrected chi connectivity index (χ3v) is 2.34. The van der Waals surface area contributed by atoms with Crippen molar-refractivity contribution >= 4 is 21.6 Å². The molecule has 0 atom stereocenters. The summed E-state index contributed by atoms with van der Waals surface area (Å²) in [6, 6.07) is 7.69. The molecule has 0 aliphatic rings. The van der Waals surface area contributed by atoms with Crippen molar-refractivity contribution in [3.63, 3.8) is 0 Å². The van der Waals surface area contributed by atoms with E-state index in [1.54, 1.807) is 6.07 Å². The monoisotopic (exact) mass is 262 g/mol. The quantitative estimate of drug-likeness (QED) is 0.671. The summed E-state index contributed by atoms with van der Waals surface area (Å²) in [5.74, 6) is 5.79. The van der Waals surface area contributed by atoms with E-state index in [4.69, 9.17) is 5.26 Å². The van der Waals surface area contributed by atoms with Crippen LogP contribution in [0.25, 0.3) is 0 Å². The van der Waals surface area contributed by atoms with Gasteiger partial charge in [0.2, 0.25) is 0 Å². The van der Waals surface area contributed by atoms with E-state index in [1.165, 1.54) is 0 Å². The lowest BCUT2D eigenvalue weighted by molar-refractivity contribution is 1.09. The maximum Gasteiger partial charge on any atom is 0.101 e. The van der Waals surface area contributed by atoms with E-state index >= 15 is 0 Å². The van der Waals surface area contributed by atoms with E-state index in [-0.39, 0.29) is 0 Å². The standard InChI is InChI=1S/C12H11BrN2/c1-2-3-4-7-15-12-8-11(13)6-5-10(12)9-14/h5-6,8,15H,4,7H2,1H3. The van der Waals surface area contributed by atoms with Crippen molar-refractivity contribution in [1.29, 1.82) is 5.26 Å². The number of benzene rings is 1. The first-order valence-electron chi connectivity index (χ1n) is 4.61. The molecule has 0 spiro atoms. The molecule has 0 aliphatic carbocycles. The van der Waals surface area contributed by atoms with Crippen LogP contribution in [0.3, 0.4) is 0 Å². The van der Waals surface area contributed by atoms with Gasteiger partial charge in [-0.05, 0) is 25.1 Å². The van der Waals surface area contributed by atoms with Gasteiger partial charge < -0.3 is 5.32 Å². The highest BCUT2D eigenvalue weighted by Crippen LogP contribution is 2.20. The summed E-state index contributed by atoms with van der Waals surface area (Å²) in [5.41, 5.74) is 1.51. The number of nitriles is 1. The summed E-state index contributed by atoms with van der Waals surface area (Å²) >= 11 is 3.37. The van der Waals surface area contributed by atoms with Crippen molar-refractivity contribution in [2.75, 3.05) is 11.9 Å². The third-order valence-electron chi connectivity index (χ3n) is 1.84. The maximum atomic E-state index is 8.88. The van der Waals surface area contributed by atoms with E-state index in [9.17, 15) is 0 Å². The number of halogens is 1. The highest BCUT2D eigenvalue weighted by atomic mass is 79.9. The molecule has 2 nitrogen and oxygen atoms in total. The van der Waals surface area contributed by atoms with Gasteiger partial charge in [-0.1, -0.05) is 15.9 Å². The molecular formula is C12H11BrN2. The van der Waals surface area contributed by atoms with Gasteiger partial charge in [-0.3, -0.25) is 0 Å². The SMILES string of the molecule is CC#CCCNc1cc(Br)ccc1C#N. The fraction of sp³-hybridized carbons (Fsp3) is 0.250. The van der Waals surface area contributed by atoms with Crippen LogP contribution in [0, 0.1) is 23.2 Å². The Morgan fingerprint density at radius 2 is 2.27 bits per heavy atom. The Morgan fingerprint density at radius 3 is 2.93 bits per heavy atom. The molecular weight excluding hydrogens is 252 g/mol. The molecule has 0 bridgehead atoms. The van der Waals surface area contributed by atoms with Gasteiger partial charge in [0.15, 0.2) is 0 Å². The number of nitrogens with zero attached hydrogens (tertiary/aromatic N) is 1. The van der Waals surface area contributed by atoms with Gasteiger partial charge in [-0.15, -0.1) is 11.8 Å². The average molecular weight is 263 g/mol. The molecule has 0 aliphatic heterocycles. The molecule has 0 saturated carbocycles. The van der Waals surface area contributed by atoms with Crippen LogP contribution in [0.2, 0.25) is 0 Å². The first-order chi connectivity index (χ1) is 7.27. The zero-order valence-corrected chi connectivity index (χ0v) is 10.1. The van der Waals surface area contributed by atoms with Crippen LogP contribution in [-0.2, 0) is 0 Å². The molecule has 0 unspecified atom stereocenters. The number of hydrogen-bond acceptors (Lipinski definition) is 2. The Bertz CT molecular complexity index is 435. The van der Waals surface area contributed by atoms with Gasteiger partial charge in [0, 0.05) is 17.4 Å². The minimum absolute atomic E-state index is 0.655.